The molecule has 0 unspecified atom stereocenters. The van der Waals surface area contributed by atoms with E-state index < -0.39 is 5.97 Å². The van der Waals surface area contributed by atoms with Crippen LogP contribution in [0.25, 0.3) is 10.2 Å². The molecule has 0 aliphatic heterocycles. The number of esters is 1. The molecule has 0 spiro atoms. The van der Waals surface area contributed by atoms with E-state index in [1.807, 2.05) is 0 Å². The molecule has 2 rings (SSSR count). The van der Waals surface area contributed by atoms with Gasteiger partial charge in [0.15, 0.2) is 0 Å². The predicted octanol–water partition coefficient (Wildman–Crippen LogP) is 1.29. The van der Waals surface area contributed by atoms with Crippen LogP contribution in [0.15, 0.2) is 4.79 Å². The maximum absolute atomic E-state index is 12.2. The number of nitrogens with one attached hydrogen (secondary N) is 1. The lowest BCUT2D eigenvalue weighted by Gasteiger charge is -2.02. The highest BCUT2D eigenvalue weighted by molar-refractivity contribution is 7.20. The van der Waals surface area contributed by atoms with Gasteiger partial charge < -0.3 is 19.2 Å². The number of ether oxygens (including phenoxy) is 3. The fraction of sp³-hybridized carbons (Fsp3) is 0.500. The molecule has 0 saturated heterocycles. The molecular weight excluding hydrogens is 308 g/mol. The summed E-state index contributed by atoms with van der Waals surface area (Å²) in [4.78, 5) is 32.3. The third-order valence-electron chi connectivity index (χ3n) is 3.10. The van der Waals surface area contributed by atoms with Crippen molar-refractivity contribution in [1.82, 2.24) is 9.97 Å². The molecule has 0 radical (unpaired) electrons. The minimum atomic E-state index is -0.463. The number of thiophene rings is 1. The zero-order valence-corrected chi connectivity index (χ0v) is 13.5. The van der Waals surface area contributed by atoms with Crippen LogP contribution in [0.5, 0.6) is 0 Å². The molecule has 2 aromatic heterocycles. The number of rotatable bonds is 7. The molecule has 0 amide bonds. The zero-order chi connectivity index (χ0) is 16.1. The summed E-state index contributed by atoms with van der Waals surface area (Å²) in [5.41, 5.74) is 0.343. The molecule has 0 atom stereocenters. The number of aromatic amines is 1. The number of hydrogen-bond donors (Lipinski definition) is 1. The number of carbonyl (C=O) groups is 1. The topological polar surface area (TPSA) is 90.5 Å². The zero-order valence-electron chi connectivity index (χ0n) is 12.7. The maximum Gasteiger partial charge on any atom is 0.348 e. The molecule has 0 aliphatic carbocycles. The Labute approximate surface area is 131 Å². The Kier molecular flexibility index (Phi) is 5.64. The average molecular weight is 326 g/mol. The fourth-order valence-electron chi connectivity index (χ4n) is 1.98. The first-order valence-electron chi connectivity index (χ1n) is 6.75. The monoisotopic (exact) mass is 326 g/mol. The van der Waals surface area contributed by atoms with E-state index in [9.17, 15) is 9.59 Å². The Morgan fingerprint density at radius 1 is 1.23 bits per heavy atom. The average Bonchev–Trinajstić information content (AvgIpc) is 2.83. The number of fused-ring (bicyclic) bond motifs is 1. The van der Waals surface area contributed by atoms with Crippen molar-refractivity contribution >= 4 is 27.5 Å². The van der Waals surface area contributed by atoms with Crippen molar-refractivity contribution in [3.05, 3.63) is 26.6 Å². The second-order valence-corrected chi connectivity index (χ2v) is 5.62. The van der Waals surface area contributed by atoms with Crippen molar-refractivity contribution in [3.8, 4) is 0 Å². The van der Waals surface area contributed by atoms with Gasteiger partial charge in [-0.1, -0.05) is 0 Å². The first-order chi connectivity index (χ1) is 10.6. The summed E-state index contributed by atoms with van der Waals surface area (Å²) in [5.74, 6) is 0.0790. The summed E-state index contributed by atoms with van der Waals surface area (Å²) in [6, 6.07) is 0. The van der Waals surface area contributed by atoms with Crippen LogP contribution in [0.2, 0.25) is 0 Å². The van der Waals surface area contributed by atoms with Crippen LogP contribution in [0.1, 0.15) is 21.1 Å². The highest BCUT2D eigenvalue weighted by atomic mass is 32.1. The Balaban J connectivity index is 2.33. The molecule has 2 heterocycles. The van der Waals surface area contributed by atoms with E-state index in [0.717, 1.165) is 11.3 Å². The second kappa shape index (κ2) is 7.48. The van der Waals surface area contributed by atoms with Gasteiger partial charge in [-0.25, -0.2) is 9.78 Å². The van der Waals surface area contributed by atoms with Crippen molar-refractivity contribution in [3.63, 3.8) is 0 Å². The van der Waals surface area contributed by atoms with Crippen molar-refractivity contribution in [2.75, 3.05) is 34.0 Å². The van der Waals surface area contributed by atoms with Crippen LogP contribution in [0.3, 0.4) is 0 Å². The number of aryl methyl sites for hydroxylation is 1. The lowest BCUT2D eigenvalue weighted by Crippen LogP contribution is -2.13. The number of hydrogen-bond acceptors (Lipinski definition) is 7. The molecule has 120 valence electrons. The van der Waals surface area contributed by atoms with Crippen LogP contribution < -0.4 is 5.56 Å². The smallest absolute Gasteiger partial charge is 0.348 e. The largest absolute Gasteiger partial charge is 0.459 e. The second-order valence-electron chi connectivity index (χ2n) is 4.62. The van der Waals surface area contributed by atoms with Gasteiger partial charge >= 0.3 is 5.97 Å². The normalized spacial score (nSPS) is 11.0. The Morgan fingerprint density at radius 3 is 2.64 bits per heavy atom. The first-order valence-corrected chi connectivity index (χ1v) is 7.57. The predicted molar refractivity (Wildman–Crippen MR) is 82.7 cm³/mol. The molecule has 1 N–H and O–H groups in total. The Morgan fingerprint density at radius 2 is 1.95 bits per heavy atom. The lowest BCUT2D eigenvalue weighted by molar-refractivity contribution is 0.0393. The quantitative estimate of drug-likeness (QED) is 0.609. The van der Waals surface area contributed by atoms with Crippen molar-refractivity contribution < 1.29 is 19.0 Å². The van der Waals surface area contributed by atoms with Gasteiger partial charge in [0, 0.05) is 20.6 Å². The number of aromatic nitrogens is 2. The molecule has 0 fully saturated rings. The van der Waals surface area contributed by atoms with Gasteiger partial charge in [-0.05, 0) is 12.5 Å². The third kappa shape index (κ3) is 3.52. The van der Waals surface area contributed by atoms with Gasteiger partial charge in [0.25, 0.3) is 5.56 Å². The number of nitrogens with zero attached hydrogens (tertiary/aromatic N) is 1. The molecule has 0 saturated carbocycles. The summed E-state index contributed by atoms with van der Waals surface area (Å²) in [6.45, 7) is 2.68. The summed E-state index contributed by atoms with van der Waals surface area (Å²) >= 11 is 1.16. The van der Waals surface area contributed by atoms with Crippen molar-refractivity contribution in [1.29, 1.82) is 0 Å². The van der Waals surface area contributed by atoms with Crippen molar-refractivity contribution in [2.45, 2.75) is 13.3 Å². The minimum Gasteiger partial charge on any atom is -0.459 e. The Hall–Kier alpha value is -1.77. The maximum atomic E-state index is 12.2. The van der Waals surface area contributed by atoms with E-state index in [1.165, 1.54) is 7.11 Å². The fourth-order valence-corrected chi connectivity index (χ4v) is 3.08. The summed E-state index contributed by atoms with van der Waals surface area (Å²) in [7, 11) is 3.11. The van der Waals surface area contributed by atoms with E-state index in [-0.39, 0.29) is 12.2 Å². The third-order valence-corrected chi connectivity index (χ3v) is 4.26. The molecule has 8 heteroatoms. The summed E-state index contributed by atoms with van der Waals surface area (Å²) < 4.78 is 14.9. The van der Waals surface area contributed by atoms with Gasteiger partial charge in [-0.15, -0.1) is 11.3 Å². The summed E-state index contributed by atoms with van der Waals surface area (Å²) in [6.07, 6.45) is 0.506. The van der Waals surface area contributed by atoms with Gasteiger partial charge in [0.05, 0.1) is 18.6 Å². The minimum absolute atomic E-state index is 0.173. The van der Waals surface area contributed by atoms with Gasteiger partial charge in [-0.3, -0.25) is 4.79 Å². The molecule has 0 bridgehead atoms. The molecule has 0 aromatic carbocycles. The summed E-state index contributed by atoms with van der Waals surface area (Å²) in [5, 5.41) is 0.435. The van der Waals surface area contributed by atoms with Crippen molar-refractivity contribution in [2.24, 2.45) is 0 Å². The van der Waals surface area contributed by atoms with Gasteiger partial charge in [0.2, 0.25) is 0 Å². The van der Waals surface area contributed by atoms with E-state index in [2.05, 4.69) is 9.97 Å². The Bertz CT molecular complexity index is 722. The van der Waals surface area contributed by atoms with E-state index >= 15 is 0 Å². The van der Waals surface area contributed by atoms with Crippen LogP contribution in [-0.2, 0) is 20.6 Å². The molecule has 7 nitrogen and oxygen atoms in total. The highest BCUT2D eigenvalue weighted by Crippen LogP contribution is 2.27. The molecular formula is C14H18N2O5S. The first kappa shape index (κ1) is 16.6. The van der Waals surface area contributed by atoms with E-state index in [0.29, 0.717) is 46.1 Å². The standard InChI is InChI=1S/C14H18N2O5S/c1-8-10-12(17)15-9(4-5-19-2)16-13(10)22-11(8)14(18)21-7-6-20-3/h4-7H2,1-3H3,(H,15,16,17). The van der Waals surface area contributed by atoms with Crippen LogP contribution in [-0.4, -0.2) is 50.0 Å². The van der Waals surface area contributed by atoms with E-state index in [1.54, 1.807) is 14.0 Å². The number of H-pyrrole nitrogens is 1. The van der Waals surface area contributed by atoms with Crippen LogP contribution >= 0.6 is 11.3 Å². The molecule has 22 heavy (non-hydrogen) atoms. The molecule has 0 aliphatic rings. The van der Waals surface area contributed by atoms with Gasteiger partial charge in [0.1, 0.15) is 22.1 Å². The van der Waals surface area contributed by atoms with Gasteiger partial charge in [-0.2, -0.15) is 0 Å². The lowest BCUT2D eigenvalue weighted by atomic mass is 10.2. The SMILES string of the molecule is COCCOC(=O)c1sc2nc(CCOC)[nH]c(=O)c2c1C. The van der Waals surface area contributed by atoms with Crippen LogP contribution in [0.4, 0.5) is 0 Å². The van der Waals surface area contributed by atoms with E-state index in [4.69, 9.17) is 14.2 Å². The number of methoxy groups -OCH3 is 2. The highest BCUT2D eigenvalue weighted by Gasteiger charge is 2.20. The molecule has 2 aromatic rings. The number of carbonyl (C=O) groups excluding carboxylic acids is 1. The van der Waals surface area contributed by atoms with Crippen LogP contribution in [0, 0.1) is 6.92 Å².